The minimum atomic E-state index is -0.439. The topological polar surface area (TPSA) is 89.8 Å². The summed E-state index contributed by atoms with van der Waals surface area (Å²) >= 11 is 0. The number of nitrogens with one attached hydrogen (secondary N) is 1. The first-order valence-corrected chi connectivity index (χ1v) is 11.8. The predicted molar refractivity (Wildman–Crippen MR) is 142 cm³/mol. The van der Waals surface area contributed by atoms with Gasteiger partial charge in [0.25, 0.3) is 0 Å². The number of aromatic nitrogens is 1. The van der Waals surface area contributed by atoms with Crippen molar-refractivity contribution < 1.29 is 14.4 Å². The van der Waals surface area contributed by atoms with Crippen LogP contribution in [-0.2, 0) is 6.54 Å². The van der Waals surface area contributed by atoms with Gasteiger partial charge in [0, 0.05) is 30.2 Å². The van der Waals surface area contributed by atoms with Gasteiger partial charge in [-0.2, -0.15) is 0 Å². The third-order valence-electron chi connectivity index (χ3n) is 5.89. The molecule has 0 aliphatic rings. The van der Waals surface area contributed by atoms with Crippen LogP contribution in [0.1, 0.15) is 17.5 Å². The Morgan fingerprint density at radius 3 is 2.50 bits per heavy atom. The number of fused-ring (bicyclic) bond motifs is 1. The van der Waals surface area contributed by atoms with E-state index in [0.717, 1.165) is 30.8 Å². The zero-order chi connectivity index (χ0) is 25.5. The molecule has 1 heterocycles. The van der Waals surface area contributed by atoms with Crippen molar-refractivity contribution in [1.29, 1.82) is 0 Å². The average molecular weight is 487 g/mol. The van der Waals surface area contributed by atoms with Gasteiger partial charge in [-0.05, 0) is 44.2 Å². The van der Waals surface area contributed by atoms with Crippen molar-refractivity contribution in [3.8, 4) is 11.5 Å². The second-order valence-electron chi connectivity index (χ2n) is 8.71. The van der Waals surface area contributed by atoms with Crippen molar-refractivity contribution in [1.82, 2.24) is 9.88 Å². The molecule has 0 amide bonds. The highest BCUT2D eigenvalue weighted by Crippen LogP contribution is 2.39. The number of rotatable bonds is 11. The van der Waals surface area contributed by atoms with Crippen LogP contribution in [0.2, 0.25) is 0 Å². The molecular weight excluding hydrogens is 456 g/mol. The number of ether oxygens (including phenoxy) is 2. The summed E-state index contributed by atoms with van der Waals surface area (Å²) in [5.74, 6) is 1.05. The summed E-state index contributed by atoms with van der Waals surface area (Å²) in [6.45, 7) is 4.24. The van der Waals surface area contributed by atoms with Gasteiger partial charge in [0.2, 0.25) is 0 Å². The van der Waals surface area contributed by atoms with E-state index in [1.807, 2.05) is 49.4 Å². The molecule has 8 nitrogen and oxygen atoms in total. The fourth-order valence-electron chi connectivity index (χ4n) is 4.00. The number of nitro groups is 1. The maximum absolute atomic E-state index is 11.7. The zero-order valence-electron chi connectivity index (χ0n) is 20.7. The molecule has 0 bridgehead atoms. The number of nitrogens with zero attached hydrogens (tertiary/aromatic N) is 3. The third-order valence-corrected chi connectivity index (χ3v) is 5.89. The molecule has 0 fully saturated rings. The van der Waals surface area contributed by atoms with E-state index < -0.39 is 4.92 Å². The molecule has 0 unspecified atom stereocenters. The van der Waals surface area contributed by atoms with Gasteiger partial charge in [0.1, 0.15) is 11.9 Å². The molecule has 3 aromatic carbocycles. The predicted octanol–water partition coefficient (Wildman–Crippen LogP) is 6.10. The van der Waals surface area contributed by atoms with Crippen LogP contribution in [0.5, 0.6) is 11.5 Å². The Bertz CT molecular complexity index is 1330. The average Bonchev–Trinajstić information content (AvgIpc) is 2.88. The van der Waals surface area contributed by atoms with Gasteiger partial charge in [0.05, 0.1) is 24.2 Å². The van der Waals surface area contributed by atoms with E-state index in [1.54, 1.807) is 19.2 Å². The molecule has 0 aliphatic heterocycles. The van der Waals surface area contributed by atoms with Crippen LogP contribution in [0.15, 0.2) is 72.9 Å². The fraction of sp³-hybridized carbons (Fsp3) is 0.250. The Labute approximate surface area is 210 Å². The maximum atomic E-state index is 11.7. The Morgan fingerprint density at radius 1 is 1.06 bits per heavy atom. The van der Waals surface area contributed by atoms with Crippen molar-refractivity contribution in [3.63, 3.8) is 0 Å². The molecule has 186 valence electrons. The highest BCUT2D eigenvalue weighted by Gasteiger charge is 2.21. The summed E-state index contributed by atoms with van der Waals surface area (Å²) < 4.78 is 11.6. The van der Waals surface area contributed by atoms with E-state index in [-0.39, 0.29) is 5.69 Å². The van der Waals surface area contributed by atoms with E-state index in [2.05, 4.69) is 34.4 Å². The highest BCUT2D eigenvalue weighted by atomic mass is 16.6. The van der Waals surface area contributed by atoms with Crippen LogP contribution in [0.25, 0.3) is 10.9 Å². The van der Waals surface area contributed by atoms with Gasteiger partial charge < -0.3 is 19.7 Å². The Kier molecular flexibility index (Phi) is 7.97. The number of hydrogen-bond donors (Lipinski definition) is 1. The molecule has 0 radical (unpaired) electrons. The summed E-state index contributed by atoms with van der Waals surface area (Å²) in [5, 5.41) is 15.5. The second-order valence-corrected chi connectivity index (χ2v) is 8.71. The summed E-state index contributed by atoms with van der Waals surface area (Å²) in [6.07, 6.45) is 2.10. The summed E-state index contributed by atoms with van der Waals surface area (Å²) in [4.78, 5) is 17.9. The Balaban J connectivity index is 1.51. The van der Waals surface area contributed by atoms with Gasteiger partial charge in [-0.25, -0.2) is 4.98 Å². The molecule has 0 saturated carbocycles. The van der Waals surface area contributed by atoms with E-state index >= 15 is 0 Å². The largest absolute Gasteiger partial charge is 0.493 e. The molecule has 4 aromatic rings. The van der Waals surface area contributed by atoms with Crippen LogP contribution in [-0.4, -0.2) is 42.1 Å². The lowest BCUT2D eigenvalue weighted by atomic mass is 10.1. The molecule has 36 heavy (non-hydrogen) atoms. The van der Waals surface area contributed by atoms with Gasteiger partial charge >= 0.3 is 5.69 Å². The number of pyridine rings is 1. The monoisotopic (exact) mass is 486 g/mol. The van der Waals surface area contributed by atoms with Crippen molar-refractivity contribution in [2.75, 3.05) is 32.6 Å². The first kappa shape index (κ1) is 24.9. The van der Waals surface area contributed by atoms with Crippen molar-refractivity contribution in [2.24, 2.45) is 0 Å². The first-order chi connectivity index (χ1) is 17.4. The van der Waals surface area contributed by atoms with Crippen molar-refractivity contribution in [2.45, 2.75) is 19.9 Å². The van der Waals surface area contributed by atoms with Crippen molar-refractivity contribution in [3.05, 3.63) is 94.2 Å². The van der Waals surface area contributed by atoms with Crippen LogP contribution in [0.4, 0.5) is 17.1 Å². The van der Waals surface area contributed by atoms with E-state index in [0.29, 0.717) is 34.7 Å². The lowest BCUT2D eigenvalue weighted by Crippen LogP contribution is -2.20. The van der Waals surface area contributed by atoms with E-state index in [1.165, 1.54) is 11.8 Å². The number of anilines is 2. The fourth-order valence-corrected chi connectivity index (χ4v) is 4.00. The maximum Gasteiger partial charge on any atom is 0.311 e. The normalized spacial score (nSPS) is 11.0. The lowest BCUT2D eigenvalue weighted by Gasteiger charge is -2.18. The molecule has 0 aliphatic carbocycles. The number of hydrogen-bond acceptors (Lipinski definition) is 7. The zero-order valence-corrected chi connectivity index (χ0v) is 20.7. The third kappa shape index (κ3) is 6.09. The standard InChI is InChI=1S/C28H30N4O4/c1-20-10-12-22(13-11-20)30-28-23-16-26(35-3)27(17-24(23)29-18-25(28)32(33)34)36-15-7-14-31(2)19-21-8-5-4-6-9-21/h4-6,8-13,16-18H,7,14-15,19H2,1-3H3,(H,29,30). The highest BCUT2D eigenvalue weighted by molar-refractivity contribution is 5.99. The molecule has 0 atom stereocenters. The van der Waals surface area contributed by atoms with Crippen LogP contribution in [0.3, 0.4) is 0 Å². The quantitative estimate of drug-likeness (QED) is 0.155. The van der Waals surface area contributed by atoms with Gasteiger partial charge in [-0.3, -0.25) is 10.1 Å². The van der Waals surface area contributed by atoms with Crippen LogP contribution >= 0.6 is 0 Å². The number of methoxy groups -OCH3 is 1. The van der Waals surface area contributed by atoms with E-state index in [9.17, 15) is 10.1 Å². The van der Waals surface area contributed by atoms with E-state index in [4.69, 9.17) is 9.47 Å². The molecule has 1 N–H and O–H groups in total. The molecule has 4 rings (SSSR count). The second kappa shape index (κ2) is 11.5. The first-order valence-electron chi connectivity index (χ1n) is 11.8. The summed E-state index contributed by atoms with van der Waals surface area (Å²) in [7, 11) is 3.64. The Hall–Kier alpha value is -4.17. The Morgan fingerprint density at radius 2 is 1.81 bits per heavy atom. The lowest BCUT2D eigenvalue weighted by molar-refractivity contribution is -0.384. The van der Waals surface area contributed by atoms with Gasteiger partial charge in [0.15, 0.2) is 11.5 Å². The summed E-state index contributed by atoms with van der Waals surface area (Å²) in [6, 6.07) is 21.5. The van der Waals surface area contributed by atoms with Crippen LogP contribution < -0.4 is 14.8 Å². The van der Waals surface area contributed by atoms with Crippen molar-refractivity contribution >= 4 is 28.0 Å². The van der Waals surface area contributed by atoms with Crippen LogP contribution in [0, 0.1) is 17.0 Å². The van der Waals surface area contributed by atoms with Gasteiger partial charge in [-0.15, -0.1) is 0 Å². The molecule has 0 spiro atoms. The molecule has 1 aromatic heterocycles. The summed E-state index contributed by atoms with van der Waals surface area (Å²) in [5.41, 5.74) is 3.94. The van der Waals surface area contributed by atoms with Gasteiger partial charge in [-0.1, -0.05) is 48.0 Å². The number of aryl methyl sites for hydroxylation is 1. The smallest absolute Gasteiger partial charge is 0.311 e. The molecule has 8 heteroatoms. The number of benzene rings is 3. The molecule has 0 saturated heterocycles. The SMILES string of the molecule is COc1cc2c(Nc3ccc(C)cc3)c([N+](=O)[O-])cnc2cc1OCCCN(C)Cc1ccccc1. The minimum Gasteiger partial charge on any atom is -0.493 e. The molecular formula is C28H30N4O4. The minimum absolute atomic E-state index is 0.111.